The van der Waals surface area contributed by atoms with E-state index in [1.54, 1.807) is 6.07 Å². The highest BCUT2D eigenvalue weighted by atomic mass is 32.2. The minimum Gasteiger partial charge on any atom is -0.371 e. The summed E-state index contributed by atoms with van der Waals surface area (Å²) in [4.78, 5) is 0. The van der Waals surface area contributed by atoms with Crippen LogP contribution in [0.1, 0.15) is 22.8 Å². The lowest BCUT2D eigenvalue weighted by Crippen LogP contribution is -2.42. The maximum atomic E-state index is 13.3. The highest BCUT2D eigenvalue weighted by Crippen LogP contribution is 2.25. The van der Waals surface area contributed by atoms with Crippen molar-refractivity contribution in [2.75, 3.05) is 19.7 Å². The first-order chi connectivity index (χ1) is 11.4. The summed E-state index contributed by atoms with van der Waals surface area (Å²) in [6.45, 7) is 2.95. The van der Waals surface area contributed by atoms with Crippen LogP contribution in [0.5, 0.6) is 0 Å². The van der Waals surface area contributed by atoms with Gasteiger partial charge in [0, 0.05) is 13.1 Å². The second-order valence-electron chi connectivity index (χ2n) is 6.01. The Bertz CT molecular complexity index is 805. The van der Waals surface area contributed by atoms with E-state index in [1.165, 1.54) is 22.5 Å². The molecule has 3 rings (SSSR count). The predicted molar refractivity (Wildman–Crippen MR) is 90.5 cm³/mol. The van der Waals surface area contributed by atoms with Crippen molar-refractivity contribution in [2.45, 2.75) is 18.8 Å². The number of rotatable bonds is 4. The lowest BCUT2D eigenvalue weighted by Gasteiger charge is -2.32. The molecule has 0 amide bonds. The molecule has 1 aliphatic heterocycles. The molecule has 24 heavy (non-hydrogen) atoms. The first-order valence-electron chi connectivity index (χ1n) is 7.84. The van der Waals surface area contributed by atoms with Gasteiger partial charge in [0.15, 0.2) is 0 Å². The van der Waals surface area contributed by atoms with Crippen LogP contribution in [0.4, 0.5) is 4.39 Å². The van der Waals surface area contributed by atoms with Crippen LogP contribution in [0.25, 0.3) is 0 Å². The van der Waals surface area contributed by atoms with Crippen LogP contribution >= 0.6 is 0 Å². The van der Waals surface area contributed by atoms with Gasteiger partial charge < -0.3 is 4.74 Å². The number of hydrogen-bond donors (Lipinski definition) is 0. The molecule has 6 heteroatoms. The Labute approximate surface area is 141 Å². The van der Waals surface area contributed by atoms with Gasteiger partial charge in [0.05, 0.1) is 18.5 Å². The molecular weight excluding hydrogens is 329 g/mol. The van der Waals surface area contributed by atoms with Gasteiger partial charge in [-0.25, -0.2) is 12.8 Å². The Kier molecular flexibility index (Phi) is 4.99. The summed E-state index contributed by atoms with van der Waals surface area (Å²) in [5.41, 5.74) is 2.56. The zero-order valence-electron chi connectivity index (χ0n) is 13.5. The number of sulfonamides is 1. The van der Waals surface area contributed by atoms with Crippen molar-refractivity contribution in [3.8, 4) is 0 Å². The number of benzene rings is 2. The smallest absolute Gasteiger partial charge is 0.218 e. The van der Waals surface area contributed by atoms with Crippen molar-refractivity contribution < 1.29 is 17.5 Å². The number of morpholine rings is 1. The van der Waals surface area contributed by atoms with Gasteiger partial charge in [0.1, 0.15) is 5.82 Å². The highest BCUT2D eigenvalue weighted by Gasteiger charge is 2.30. The van der Waals surface area contributed by atoms with Crippen molar-refractivity contribution in [1.82, 2.24) is 4.31 Å². The lowest BCUT2D eigenvalue weighted by atomic mass is 10.1. The van der Waals surface area contributed by atoms with E-state index >= 15 is 0 Å². The number of halogens is 1. The Morgan fingerprint density at radius 3 is 2.67 bits per heavy atom. The molecule has 1 unspecified atom stereocenters. The molecule has 0 aliphatic carbocycles. The van der Waals surface area contributed by atoms with Gasteiger partial charge in [-0.3, -0.25) is 0 Å². The van der Waals surface area contributed by atoms with Gasteiger partial charge in [-0.1, -0.05) is 42.0 Å². The standard InChI is InChI=1S/C18H20FNO3S/c1-14-5-7-16(8-6-14)18-12-20(9-10-23-18)24(21,22)13-15-3-2-4-17(19)11-15/h2-8,11,18H,9-10,12-13H2,1H3. The molecule has 0 spiro atoms. The highest BCUT2D eigenvalue weighted by molar-refractivity contribution is 7.88. The molecule has 4 nitrogen and oxygen atoms in total. The van der Waals surface area contributed by atoms with Crippen molar-refractivity contribution in [2.24, 2.45) is 0 Å². The molecule has 1 saturated heterocycles. The van der Waals surface area contributed by atoms with E-state index in [0.717, 1.165) is 11.1 Å². The number of aryl methyl sites for hydroxylation is 1. The molecule has 0 aromatic heterocycles. The third kappa shape index (κ3) is 4.01. The van der Waals surface area contributed by atoms with Crippen LogP contribution < -0.4 is 0 Å². The summed E-state index contributed by atoms with van der Waals surface area (Å²) in [5.74, 6) is -0.632. The first kappa shape index (κ1) is 17.1. The molecule has 2 aromatic carbocycles. The van der Waals surface area contributed by atoms with Gasteiger partial charge in [0.2, 0.25) is 10.0 Å². The third-order valence-electron chi connectivity index (χ3n) is 4.11. The monoisotopic (exact) mass is 349 g/mol. The van der Waals surface area contributed by atoms with Crippen LogP contribution in [0.2, 0.25) is 0 Å². The molecule has 0 radical (unpaired) electrons. The largest absolute Gasteiger partial charge is 0.371 e. The zero-order chi connectivity index (χ0) is 17.2. The van der Waals surface area contributed by atoms with Crippen LogP contribution in [-0.2, 0) is 20.5 Å². The van der Waals surface area contributed by atoms with Gasteiger partial charge in [-0.15, -0.1) is 0 Å². The fraction of sp³-hybridized carbons (Fsp3) is 0.333. The van der Waals surface area contributed by atoms with E-state index in [4.69, 9.17) is 4.74 Å². The number of hydrogen-bond acceptors (Lipinski definition) is 3. The average molecular weight is 349 g/mol. The van der Waals surface area contributed by atoms with Crippen LogP contribution in [0.3, 0.4) is 0 Å². The topological polar surface area (TPSA) is 46.6 Å². The van der Waals surface area contributed by atoms with Gasteiger partial charge >= 0.3 is 0 Å². The Morgan fingerprint density at radius 2 is 1.96 bits per heavy atom. The van der Waals surface area contributed by atoms with E-state index in [0.29, 0.717) is 18.7 Å². The maximum absolute atomic E-state index is 13.3. The van der Waals surface area contributed by atoms with Gasteiger partial charge in [-0.05, 0) is 30.2 Å². The summed E-state index contributed by atoms with van der Waals surface area (Å²) < 4.78 is 45.7. The quantitative estimate of drug-likeness (QED) is 0.852. The van der Waals surface area contributed by atoms with Crippen LogP contribution in [0.15, 0.2) is 48.5 Å². The molecule has 1 aliphatic rings. The normalized spacial score (nSPS) is 19.3. The van der Waals surface area contributed by atoms with E-state index in [-0.39, 0.29) is 18.4 Å². The van der Waals surface area contributed by atoms with E-state index in [2.05, 4.69) is 0 Å². The van der Waals surface area contributed by atoms with Gasteiger partial charge in [0.25, 0.3) is 0 Å². The Balaban J connectivity index is 1.74. The Morgan fingerprint density at radius 1 is 1.21 bits per heavy atom. The molecule has 1 heterocycles. The SMILES string of the molecule is Cc1ccc(C2CN(S(=O)(=O)Cc3cccc(F)c3)CCO2)cc1. The van der Waals surface area contributed by atoms with Crippen LogP contribution in [-0.4, -0.2) is 32.4 Å². The number of ether oxygens (including phenoxy) is 1. The first-order valence-corrected chi connectivity index (χ1v) is 9.45. The summed E-state index contributed by atoms with van der Waals surface area (Å²) in [5, 5.41) is 0. The lowest BCUT2D eigenvalue weighted by molar-refractivity contribution is -0.00260. The van der Waals surface area contributed by atoms with E-state index in [1.807, 2.05) is 31.2 Å². The van der Waals surface area contributed by atoms with Crippen molar-refractivity contribution in [3.05, 3.63) is 71.0 Å². The molecular formula is C18H20FNO3S. The molecule has 0 bridgehead atoms. The molecule has 0 saturated carbocycles. The van der Waals surface area contributed by atoms with Gasteiger partial charge in [-0.2, -0.15) is 4.31 Å². The summed E-state index contributed by atoms with van der Waals surface area (Å²) in [6.07, 6.45) is -0.276. The second kappa shape index (κ2) is 7.01. The van der Waals surface area contributed by atoms with E-state index in [9.17, 15) is 12.8 Å². The van der Waals surface area contributed by atoms with E-state index < -0.39 is 15.8 Å². The molecule has 1 atom stereocenters. The predicted octanol–water partition coefficient (Wildman–Crippen LogP) is 3.04. The van der Waals surface area contributed by atoms with Crippen LogP contribution in [0, 0.1) is 12.7 Å². The summed E-state index contributed by atoms with van der Waals surface area (Å²) in [6, 6.07) is 13.6. The maximum Gasteiger partial charge on any atom is 0.218 e. The number of nitrogens with zero attached hydrogens (tertiary/aromatic N) is 1. The molecule has 0 N–H and O–H groups in total. The fourth-order valence-corrected chi connectivity index (χ4v) is 4.29. The molecule has 2 aromatic rings. The molecule has 1 fully saturated rings. The summed E-state index contributed by atoms with van der Waals surface area (Å²) >= 11 is 0. The van der Waals surface area contributed by atoms with Crippen molar-refractivity contribution in [1.29, 1.82) is 0 Å². The third-order valence-corrected chi connectivity index (χ3v) is 5.93. The second-order valence-corrected chi connectivity index (χ2v) is 7.98. The Hall–Kier alpha value is -1.76. The average Bonchev–Trinajstić information content (AvgIpc) is 2.55. The van der Waals surface area contributed by atoms with Crippen molar-refractivity contribution in [3.63, 3.8) is 0 Å². The molecule has 128 valence electrons. The fourth-order valence-electron chi connectivity index (χ4n) is 2.79. The van der Waals surface area contributed by atoms with Crippen molar-refractivity contribution >= 4 is 10.0 Å². The minimum atomic E-state index is -3.52. The zero-order valence-corrected chi connectivity index (χ0v) is 14.3. The minimum absolute atomic E-state index is 0.203. The summed E-state index contributed by atoms with van der Waals surface area (Å²) in [7, 11) is -3.52.